The Morgan fingerprint density at radius 1 is 0.519 bits per heavy atom. The third kappa shape index (κ3) is 3.59. The van der Waals surface area contributed by atoms with Crippen LogP contribution < -0.4 is 10.2 Å². The van der Waals surface area contributed by atoms with Crippen LogP contribution in [0, 0.1) is 0 Å². The second kappa shape index (κ2) is 7.67. The predicted molar refractivity (Wildman–Crippen MR) is 110 cm³/mol. The molecule has 0 aliphatic rings. The average Bonchev–Trinajstić information content (AvgIpc) is 2.74. The fraction of sp³-hybridized carbons (Fsp3) is 0. The lowest BCUT2D eigenvalue weighted by Crippen LogP contribution is -2.12. The molecule has 0 aromatic heterocycles. The predicted octanol–water partition coefficient (Wildman–Crippen LogP) is 5.42. The van der Waals surface area contributed by atoms with Crippen LogP contribution in [-0.4, -0.2) is 0 Å². The van der Waals surface area contributed by atoms with Crippen LogP contribution in [0.5, 0.6) is 0 Å². The van der Waals surface area contributed by atoms with Crippen LogP contribution in [0.4, 0.5) is 0 Å². The van der Waals surface area contributed by atoms with Gasteiger partial charge in [0.2, 0.25) is 5.30 Å². The van der Waals surface area contributed by atoms with Gasteiger partial charge in [0.25, 0.3) is 0 Å². The Morgan fingerprint density at radius 3 is 1.26 bits per heavy atom. The van der Waals surface area contributed by atoms with Crippen molar-refractivity contribution in [3.8, 4) is 33.4 Å². The zero-order valence-corrected chi connectivity index (χ0v) is 15.5. The molecule has 0 N–H and O–H groups in total. The highest BCUT2D eigenvalue weighted by atomic mass is 31.1. The highest BCUT2D eigenvalue weighted by Gasteiger charge is 2.24. The molecule has 130 valence electrons. The minimum Gasteiger partial charge on any atom is -0.591 e. The van der Waals surface area contributed by atoms with Crippen molar-refractivity contribution in [2.45, 2.75) is 0 Å². The van der Waals surface area contributed by atoms with Crippen LogP contribution in [0.3, 0.4) is 0 Å². The second-order valence-electron chi connectivity index (χ2n) is 6.28. The Kier molecular flexibility index (Phi) is 4.93. The molecule has 4 aromatic carbocycles. The van der Waals surface area contributed by atoms with Gasteiger partial charge in [0.05, 0.1) is 0 Å². The van der Waals surface area contributed by atoms with E-state index in [1.165, 1.54) is 0 Å². The van der Waals surface area contributed by atoms with E-state index in [1.807, 2.05) is 103 Å². The van der Waals surface area contributed by atoms with Crippen LogP contribution in [0.2, 0.25) is 0 Å². The molecular weight excluding hydrogens is 351 g/mol. The van der Waals surface area contributed by atoms with Gasteiger partial charge in [0.15, 0.2) is 0 Å². The van der Waals surface area contributed by atoms with E-state index in [9.17, 15) is 9.46 Å². The molecule has 0 saturated carbocycles. The first-order valence-electron chi connectivity index (χ1n) is 8.73. The lowest BCUT2D eigenvalue weighted by atomic mass is 9.93. The maximum Gasteiger partial charge on any atom is 0.350 e. The quantitative estimate of drug-likeness (QED) is 0.452. The van der Waals surface area contributed by atoms with E-state index in [2.05, 4.69) is 0 Å². The Hall–Kier alpha value is -3.06. The van der Waals surface area contributed by atoms with Gasteiger partial charge in [-0.25, -0.2) is 0 Å². The lowest BCUT2D eigenvalue weighted by Gasteiger charge is -2.13. The molecule has 4 aromatic rings. The standard InChI is InChI=1S/C24H17O2P/c25-27(26)24-22(19-12-6-2-7-13-19)16-21(18-10-4-1-5-11-18)17-23(24)20-14-8-3-9-15-20/h1-17H. The fourth-order valence-electron chi connectivity index (χ4n) is 3.30. The number of hydrogen-bond donors (Lipinski definition) is 0. The van der Waals surface area contributed by atoms with Gasteiger partial charge in [-0.15, -0.1) is 0 Å². The fourth-order valence-corrected chi connectivity index (χ4v) is 4.08. The van der Waals surface area contributed by atoms with Gasteiger partial charge in [0.1, 0.15) is 0 Å². The third-order valence-electron chi connectivity index (χ3n) is 4.57. The van der Waals surface area contributed by atoms with Crippen molar-refractivity contribution in [1.29, 1.82) is 0 Å². The van der Waals surface area contributed by atoms with Gasteiger partial charge in [-0.1, -0.05) is 95.6 Å². The molecule has 2 nitrogen and oxygen atoms in total. The number of rotatable bonds is 4. The van der Waals surface area contributed by atoms with E-state index in [0.717, 1.165) is 33.4 Å². The van der Waals surface area contributed by atoms with Crippen molar-refractivity contribution in [2.24, 2.45) is 0 Å². The van der Waals surface area contributed by atoms with E-state index in [1.54, 1.807) is 0 Å². The smallest absolute Gasteiger partial charge is 0.350 e. The molecule has 0 aliphatic carbocycles. The van der Waals surface area contributed by atoms with Crippen molar-refractivity contribution >= 4 is 13.3 Å². The molecule has 0 heterocycles. The molecule has 0 amide bonds. The highest BCUT2D eigenvalue weighted by molar-refractivity contribution is 7.46. The van der Waals surface area contributed by atoms with E-state index >= 15 is 0 Å². The topological polar surface area (TPSA) is 40.1 Å². The van der Waals surface area contributed by atoms with Gasteiger partial charge in [0, 0.05) is 11.1 Å². The summed E-state index contributed by atoms with van der Waals surface area (Å²) >= 11 is 0. The molecule has 4 rings (SSSR count). The minimum atomic E-state index is -2.77. The Balaban J connectivity index is 2.06. The minimum absolute atomic E-state index is 0.363. The van der Waals surface area contributed by atoms with Crippen LogP contribution in [0.25, 0.3) is 33.4 Å². The first-order chi connectivity index (χ1) is 13.2. The van der Waals surface area contributed by atoms with Crippen molar-refractivity contribution in [3.63, 3.8) is 0 Å². The Labute approximate surface area is 159 Å². The van der Waals surface area contributed by atoms with E-state index in [-0.39, 0.29) is 0 Å². The molecular formula is C24H17O2P. The molecule has 0 fully saturated rings. The maximum absolute atomic E-state index is 12.3. The summed E-state index contributed by atoms with van der Waals surface area (Å²) in [5.41, 5.74) is 5.29. The zero-order valence-electron chi connectivity index (χ0n) is 14.6. The summed E-state index contributed by atoms with van der Waals surface area (Å²) in [6.45, 7) is 0. The Bertz CT molecular complexity index is 1010. The molecule has 0 radical (unpaired) electrons. The van der Waals surface area contributed by atoms with Crippen molar-refractivity contribution < 1.29 is 9.46 Å². The second-order valence-corrected chi connectivity index (χ2v) is 7.24. The van der Waals surface area contributed by atoms with Gasteiger partial charge >= 0.3 is 8.03 Å². The lowest BCUT2D eigenvalue weighted by molar-refractivity contribution is -0.160. The highest BCUT2D eigenvalue weighted by Crippen LogP contribution is 2.35. The largest absolute Gasteiger partial charge is 0.591 e. The van der Waals surface area contributed by atoms with E-state index in [4.69, 9.17) is 0 Å². The van der Waals surface area contributed by atoms with Crippen molar-refractivity contribution in [1.82, 2.24) is 0 Å². The molecule has 0 aliphatic heterocycles. The number of benzene rings is 4. The summed E-state index contributed by atoms with van der Waals surface area (Å²) in [5.74, 6) is 0. The van der Waals surface area contributed by atoms with Crippen LogP contribution in [0.15, 0.2) is 103 Å². The normalized spacial score (nSPS) is 11.2. The summed E-state index contributed by atoms with van der Waals surface area (Å²) in [5, 5.41) is 0.363. The van der Waals surface area contributed by atoms with Gasteiger partial charge in [-0.2, -0.15) is 0 Å². The van der Waals surface area contributed by atoms with Gasteiger partial charge in [-0.3, -0.25) is 0 Å². The summed E-state index contributed by atoms with van der Waals surface area (Å²) < 4.78 is 12.3. The molecule has 0 spiro atoms. The van der Waals surface area contributed by atoms with Gasteiger partial charge < -0.3 is 4.89 Å². The van der Waals surface area contributed by atoms with Crippen LogP contribution in [-0.2, 0) is 4.57 Å². The van der Waals surface area contributed by atoms with E-state index < -0.39 is 8.03 Å². The van der Waals surface area contributed by atoms with Crippen molar-refractivity contribution in [2.75, 3.05) is 0 Å². The first kappa shape index (κ1) is 17.4. The summed E-state index contributed by atoms with van der Waals surface area (Å²) in [7, 11) is -2.77. The average molecular weight is 368 g/mol. The monoisotopic (exact) mass is 368 g/mol. The molecule has 0 saturated heterocycles. The first-order valence-corrected chi connectivity index (χ1v) is 9.90. The zero-order chi connectivity index (χ0) is 18.6. The molecule has 0 bridgehead atoms. The van der Waals surface area contributed by atoms with Gasteiger partial charge in [-0.05, 0) is 34.4 Å². The third-order valence-corrected chi connectivity index (χ3v) is 5.42. The summed E-state index contributed by atoms with van der Waals surface area (Å²) in [4.78, 5) is 12.3. The van der Waals surface area contributed by atoms with Crippen LogP contribution in [0.1, 0.15) is 0 Å². The Morgan fingerprint density at radius 2 is 0.889 bits per heavy atom. The molecule has 3 heteroatoms. The van der Waals surface area contributed by atoms with E-state index in [0.29, 0.717) is 5.30 Å². The maximum atomic E-state index is 12.3. The molecule has 1 unspecified atom stereocenters. The van der Waals surface area contributed by atoms with Crippen LogP contribution >= 0.6 is 8.03 Å². The number of hydrogen-bond acceptors (Lipinski definition) is 2. The molecule has 1 atom stereocenters. The summed E-state index contributed by atoms with van der Waals surface area (Å²) in [6.07, 6.45) is 0. The summed E-state index contributed by atoms with van der Waals surface area (Å²) in [6, 6.07) is 33.3. The van der Waals surface area contributed by atoms with Crippen molar-refractivity contribution in [3.05, 3.63) is 103 Å². The SMILES string of the molecule is O=[P+]([O-])c1c(-c2ccccc2)cc(-c2ccccc2)cc1-c1ccccc1. The molecule has 27 heavy (non-hydrogen) atoms.